The van der Waals surface area contributed by atoms with Gasteiger partial charge in [-0.1, -0.05) is 15.9 Å². The summed E-state index contributed by atoms with van der Waals surface area (Å²) in [4.78, 5) is 13.8. The number of carbonyl (C=O) groups is 1. The van der Waals surface area contributed by atoms with Crippen LogP contribution in [-0.2, 0) is 0 Å². The third-order valence-electron chi connectivity index (χ3n) is 3.17. The molecule has 1 aromatic carbocycles. The number of anilines is 1. The molecule has 1 heterocycles. The van der Waals surface area contributed by atoms with Gasteiger partial charge in [0.15, 0.2) is 5.78 Å². The molecule has 16 heavy (non-hydrogen) atoms. The number of ketones is 1. The molecule has 0 amide bonds. The molecule has 0 N–H and O–H groups in total. The van der Waals surface area contributed by atoms with E-state index >= 15 is 0 Å². The van der Waals surface area contributed by atoms with Crippen LogP contribution >= 0.6 is 15.9 Å². The van der Waals surface area contributed by atoms with E-state index < -0.39 is 0 Å². The van der Waals surface area contributed by atoms with Crippen LogP contribution in [0.2, 0.25) is 0 Å². The van der Waals surface area contributed by atoms with Gasteiger partial charge in [-0.05, 0) is 44.9 Å². The van der Waals surface area contributed by atoms with Gasteiger partial charge in [0.1, 0.15) is 0 Å². The summed E-state index contributed by atoms with van der Waals surface area (Å²) in [5.41, 5.74) is 1.94. The van der Waals surface area contributed by atoms with Crippen LogP contribution in [0.4, 0.5) is 5.69 Å². The molecule has 1 aliphatic rings. The summed E-state index contributed by atoms with van der Waals surface area (Å²) in [7, 11) is 0. The highest BCUT2D eigenvalue weighted by atomic mass is 79.9. The summed E-state index contributed by atoms with van der Waals surface area (Å²) in [6.45, 7) is 4.94. The van der Waals surface area contributed by atoms with Gasteiger partial charge >= 0.3 is 0 Å². The highest BCUT2D eigenvalue weighted by molar-refractivity contribution is 9.10. The summed E-state index contributed by atoms with van der Waals surface area (Å²) in [6, 6.07) is 6.55. The number of benzene rings is 1. The predicted octanol–water partition coefficient (Wildman–Crippen LogP) is 3.64. The number of carbonyl (C=O) groups excluding carboxylic acids is 1. The Labute approximate surface area is 105 Å². The van der Waals surface area contributed by atoms with Crippen molar-refractivity contribution >= 4 is 27.4 Å². The lowest BCUT2D eigenvalue weighted by molar-refractivity contribution is 0.101. The minimum Gasteiger partial charge on any atom is -0.369 e. The van der Waals surface area contributed by atoms with Gasteiger partial charge < -0.3 is 4.90 Å². The quantitative estimate of drug-likeness (QED) is 0.772. The largest absolute Gasteiger partial charge is 0.369 e. The van der Waals surface area contributed by atoms with Crippen molar-refractivity contribution in [1.82, 2.24) is 0 Å². The number of hydrogen-bond donors (Lipinski definition) is 0. The lowest BCUT2D eigenvalue weighted by atomic mass is 10.1. The second kappa shape index (κ2) is 4.58. The Morgan fingerprint density at radius 2 is 2.19 bits per heavy atom. The predicted molar refractivity (Wildman–Crippen MR) is 70.2 cm³/mol. The van der Waals surface area contributed by atoms with Gasteiger partial charge in [-0.3, -0.25) is 4.79 Å². The molecular formula is C13H16BrNO. The molecule has 0 bridgehead atoms. The van der Waals surface area contributed by atoms with E-state index in [2.05, 4.69) is 33.8 Å². The van der Waals surface area contributed by atoms with Crippen molar-refractivity contribution in [3.8, 4) is 0 Å². The summed E-state index contributed by atoms with van der Waals surface area (Å²) < 4.78 is 0.981. The zero-order chi connectivity index (χ0) is 11.7. The molecule has 1 saturated heterocycles. The fourth-order valence-corrected chi connectivity index (χ4v) is 2.74. The Bertz CT molecular complexity index is 416. The normalized spacial score (nSPS) is 20.2. The van der Waals surface area contributed by atoms with Crippen molar-refractivity contribution in [3.63, 3.8) is 0 Å². The fourth-order valence-electron chi connectivity index (χ4n) is 2.26. The van der Waals surface area contributed by atoms with E-state index in [1.165, 1.54) is 12.8 Å². The number of nitrogens with zero attached hydrogens (tertiary/aromatic N) is 1. The van der Waals surface area contributed by atoms with E-state index in [-0.39, 0.29) is 5.78 Å². The van der Waals surface area contributed by atoms with Gasteiger partial charge in [-0.2, -0.15) is 0 Å². The van der Waals surface area contributed by atoms with Gasteiger partial charge in [-0.25, -0.2) is 0 Å². The lowest BCUT2D eigenvalue weighted by Crippen LogP contribution is -2.26. The molecule has 0 radical (unpaired) electrons. The van der Waals surface area contributed by atoms with Crippen molar-refractivity contribution < 1.29 is 4.79 Å². The molecule has 2 nitrogen and oxygen atoms in total. The van der Waals surface area contributed by atoms with Crippen LogP contribution in [0.1, 0.15) is 37.0 Å². The molecule has 1 fully saturated rings. The van der Waals surface area contributed by atoms with Crippen molar-refractivity contribution in [2.75, 3.05) is 11.4 Å². The number of Topliss-reactive ketones (excluding diaryl/α,β-unsaturated/α-hetero) is 1. The molecule has 86 valence electrons. The van der Waals surface area contributed by atoms with Gasteiger partial charge in [0, 0.05) is 28.3 Å². The maximum absolute atomic E-state index is 11.4. The first-order chi connectivity index (χ1) is 7.58. The lowest BCUT2D eigenvalue weighted by Gasteiger charge is -2.24. The summed E-state index contributed by atoms with van der Waals surface area (Å²) >= 11 is 3.47. The van der Waals surface area contributed by atoms with Gasteiger partial charge in [0.05, 0.1) is 0 Å². The molecule has 0 aromatic heterocycles. The molecule has 3 heteroatoms. The topological polar surface area (TPSA) is 20.3 Å². The molecule has 0 aliphatic carbocycles. The third kappa shape index (κ3) is 2.29. The molecule has 1 aromatic rings. The van der Waals surface area contributed by atoms with E-state index in [1.54, 1.807) is 6.92 Å². The van der Waals surface area contributed by atoms with E-state index in [4.69, 9.17) is 0 Å². The zero-order valence-electron chi connectivity index (χ0n) is 9.66. The van der Waals surface area contributed by atoms with E-state index in [9.17, 15) is 4.79 Å². The third-order valence-corrected chi connectivity index (χ3v) is 3.63. The zero-order valence-corrected chi connectivity index (χ0v) is 11.3. The smallest absolute Gasteiger partial charge is 0.159 e. The SMILES string of the molecule is CC(=O)c1cc(Br)cc(N2CCCC2C)c1. The summed E-state index contributed by atoms with van der Waals surface area (Å²) in [5, 5.41) is 0. The molecule has 1 atom stereocenters. The van der Waals surface area contributed by atoms with Crippen LogP contribution in [-0.4, -0.2) is 18.4 Å². The molecule has 1 aliphatic heterocycles. The maximum atomic E-state index is 11.4. The van der Waals surface area contributed by atoms with E-state index in [0.717, 1.165) is 22.3 Å². The van der Waals surface area contributed by atoms with Crippen LogP contribution in [0.3, 0.4) is 0 Å². The molecule has 0 saturated carbocycles. The standard InChI is InChI=1S/C13H16BrNO/c1-9-4-3-5-15(9)13-7-11(10(2)16)6-12(14)8-13/h6-9H,3-5H2,1-2H3. The van der Waals surface area contributed by atoms with Crippen LogP contribution in [0.5, 0.6) is 0 Å². The first-order valence-corrected chi connectivity index (χ1v) is 6.45. The van der Waals surface area contributed by atoms with Gasteiger partial charge in [0.2, 0.25) is 0 Å². The number of rotatable bonds is 2. The van der Waals surface area contributed by atoms with Crippen LogP contribution < -0.4 is 4.90 Å². The van der Waals surface area contributed by atoms with E-state index in [0.29, 0.717) is 6.04 Å². The van der Waals surface area contributed by atoms with Crippen LogP contribution in [0, 0.1) is 0 Å². The Morgan fingerprint density at radius 3 is 2.75 bits per heavy atom. The van der Waals surface area contributed by atoms with Gasteiger partial charge in [-0.15, -0.1) is 0 Å². The average Bonchev–Trinajstić information content (AvgIpc) is 2.63. The van der Waals surface area contributed by atoms with Gasteiger partial charge in [0.25, 0.3) is 0 Å². The van der Waals surface area contributed by atoms with Crippen molar-refractivity contribution in [1.29, 1.82) is 0 Å². The highest BCUT2D eigenvalue weighted by Gasteiger charge is 2.21. The Balaban J connectivity index is 2.37. The van der Waals surface area contributed by atoms with E-state index in [1.807, 2.05) is 12.1 Å². The van der Waals surface area contributed by atoms with Crippen molar-refractivity contribution in [3.05, 3.63) is 28.2 Å². The second-order valence-electron chi connectivity index (χ2n) is 4.44. The van der Waals surface area contributed by atoms with Crippen molar-refractivity contribution in [2.24, 2.45) is 0 Å². The maximum Gasteiger partial charge on any atom is 0.159 e. The average molecular weight is 282 g/mol. The fraction of sp³-hybridized carbons (Fsp3) is 0.462. The highest BCUT2D eigenvalue weighted by Crippen LogP contribution is 2.29. The second-order valence-corrected chi connectivity index (χ2v) is 5.35. The molecular weight excluding hydrogens is 266 g/mol. The minimum absolute atomic E-state index is 0.120. The molecule has 1 unspecified atom stereocenters. The first-order valence-electron chi connectivity index (χ1n) is 5.66. The summed E-state index contributed by atoms with van der Waals surface area (Å²) in [5.74, 6) is 0.120. The van der Waals surface area contributed by atoms with Crippen LogP contribution in [0.15, 0.2) is 22.7 Å². The number of halogens is 1. The monoisotopic (exact) mass is 281 g/mol. The molecule has 2 rings (SSSR count). The Kier molecular flexibility index (Phi) is 3.33. The first kappa shape index (κ1) is 11.6. The Morgan fingerprint density at radius 1 is 1.44 bits per heavy atom. The number of hydrogen-bond acceptors (Lipinski definition) is 2. The van der Waals surface area contributed by atoms with Crippen molar-refractivity contribution in [2.45, 2.75) is 32.7 Å². The molecule has 0 spiro atoms. The minimum atomic E-state index is 0.120. The summed E-state index contributed by atoms with van der Waals surface area (Å²) in [6.07, 6.45) is 2.48. The Hall–Kier alpha value is -0.830. The van der Waals surface area contributed by atoms with Crippen LogP contribution in [0.25, 0.3) is 0 Å².